The predicted octanol–water partition coefficient (Wildman–Crippen LogP) is 5.69. The summed E-state index contributed by atoms with van der Waals surface area (Å²) in [6, 6.07) is 15.0. The van der Waals surface area contributed by atoms with E-state index < -0.39 is 0 Å². The summed E-state index contributed by atoms with van der Waals surface area (Å²) < 4.78 is 1.16. The molecule has 2 aromatic rings. The zero-order valence-corrected chi connectivity index (χ0v) is 14.8. The van der Waals surface area contributed by atoms with Crippen LogP contribution in [0.1, 0.15) is 36.1 Å². The Bertz CT molecular complexity index is 577. The summed E-state index contributed by atoms with van der Waals surface area (Å²) in [4.78, 5) is 0. The van der Waals surface area contributed by atoms with Crippen LogP contribution in [0.2, 0.25) is 5.02 Å². The first kappa shape index (κ1) is 16.5. The van der Waals surface area contributed by atoms with Crippen molar-refractivity contribution < 1.29 is 0 Å². The highest BCUT2D eigenvalue weighted by atomic mass is 79.9. The molecule has 0 heterocycles. The monoisotopic (exact) mass is 365 g/mol. The molecule has 0 fully saturated rings. The van der Waals surface area contributed by atoms with Gasteiger partial charge in [-0.05, 0) is 61.2 Å². The number of aryl methyl sites for hydroxylation is 1. The van der Waals surface area contributed by atoms with Gasteiger partial charge in [0, 0.05) is 15.5 Å². The van der Waals surface area contributed by atoms with Crippen molar-refractivity contribution in [3.8, 4) is 0 Å². The van der Waals surface area contributed by atoms with Gasteiger partial charge in [0.2, 0.25) is 0 Å². The molecule has 0 bridgehead atoms. The van der Waals surface area contributed by atoms with E-state index >= 15 is 0 Å². The molecular weight excluding hydrogens is 346 g/mol. The first-order valence-electron chi connectivity index (χ1n) is 7.34. The van der Waals surface area contributed by atoms with E-state index in [1.807, 2.05) is 12.1 Å². The van der Waals surface area contributed by atoms with Gasteiger partial charge >= 0.3 is 0 Å². The summed E-state index contributed by atoms with van der Waals surface area (Å²) in [5.41, 5.74) is 3.76. The van der Waals surface area contributed by atoms with E-state index in [0.29, 0.717) is 0 Å². The minimum absolute atomic E-state index is 0.279. The summed E-state index contributed by atoms with van der Waals surface area (Å²) in [7, 11) is 0. The van der Waals surface area contributed by atoms with Crippen LogP contribution in [0.15, 0.2) is 46.9 Å². The highest BCUT2D eigenvalue weighted by Crippen LogP contribution is 2.26. The van der Waals surface area contributed by atoms with Gasteiger partial charge in [-0.2, -0.15) is 0 Å². The van der Waals surface area contributed by atoms with Gasteiger partial charge in [0.1, 0.15) is 0 Å². The molecule has 0 aromatic heterocycles. The van der Waals surface area contributed by atoms with E-state index in [-0.39, 0.29) is 6.04 Å². The van der Waals surface area contributed by atoms with Crippen LogP contribution in [0.3, 0.4) is 0 Å². The molecule has 0 aliphatic rings. The first-order chi connectivity index (χ1) is 10.1. The van der Waals surface area contributed by atoms with Crippen LogP contribution < -0.4 is 5.32 Å². The molecule has 3 heteroatoms. The van der Waals surface area contributed by atoms with Gasteiger partial charge in [-0.1, -0.05) is 58.7 Å². The molecule has 112 valence electrons. The van der Waals surface area contributed by atoms with E-state index in [4.69, 9.17) is 11.6 Å². The van der Waals surface area contributed by atoms with Crippen molar-refractivity contribution in [2.75, 3.05) is 6.54 Å². The largest absolute Gasteiger partial charge is 0.310 e. The lowest BCUT2D eigenvalue weighted by atomic mass is 9.97. The zero-order chi connectivity index (χ0) is 15.2. The Morgan fingerprint density at radius 1 is 1.19 bits per heavy atom. The van der Waals surface area contributed by atoms with Crippen molar-refractivity contribution in [3.63, 3.8) is 0 Å². The van der Waals surface area contributed by atoms with Crippen molar-refractivity contribution in [2.45, 2.75) is 32.7 Å². The minimum atomic E-state index is 0.279. The van der Waals surface area contributed by atoms with Crippen LogP contribution in [-0.2, 0) is 6.42 Å². The normalized spacial score (nSPS) is 12.4. The SMILES string of the molecule is CCCNC(Cc1ccccc1Br)c1cc(C)cc(Cl)c1. The third-order valence-corrected chi connectivity index (χ3v) is 4.48. The van der Waals surface area contributed by atoms with Crippen LogP contribution in [0, 0.1) is 6.92 Å². The second-order valence-corrected chi connectivity index (χ2v) is 6.65. The summed E-state index contributed by atoms with van der Waals surface area (Å²) in [5, 5.41) is 4.44. The molecule has 1 atom stereocenters. The van der Waals surface area contributed by atoms with Crippen molar-refractivity contribution in [1.29, 1.82) is 0 Å². The van der Waals surface area contributed by atoms with Crippen LogP contribution in [0.4, 0.5) is 0 Å². The third kappa shape index (κ3) is 4.84. The maximum atomic E-state index is 6.23. The van der Waals surface area contributed by atoms with E-state index in [2.05, 4.69) is 65.4 Å². The van der Waals surface area contributed by atoms with E-state index in [0.717, 1.165) is 28.9 Å². The molecule has 0 spiro atoms. The van der Waals surface area contributed by atoms with Gasteiger partial charge in [0.25, 0.3) is 0 Å². The quantitative estimate of drug-likeness (QED) is 0.692. The summed E-state index contributed by atoms with van der Waals surface area (Å²) in [6.07, 6.45) is 2.06. The Balaban J connectivity index is 2.27. The molecule has 1 N–H and O–H groups in total. The fourth-order valence-electron chi connectivity index (χ4n) is 2.48. The number of nitrogens with one attached hydrogen (secondary N) is 1. The van der Waals surface area contributed by atoms with Crippen LogP contribution in [0.25, 0.3) is 0 Å². The van der Waals surface area contributed by atoms with Gasteiger partial charge < -0.3 is 5.32 Å². The van der Waals surface area contributed by atoms with Gasteiger partial charge in [-0.25, -0.2) is 0 Å². The standard InChI is InChI=1S/C18H21BrClN/c1-3-8-21-18(12-14-6-4-5-7-17(14)19)15-9-13(2)10-16(20)11-15/h4-7,9-11,18,21H,3,8,12H2,1-2H3. The van der Waals surface area contributed by atoms with E-state index in [1.165, 1.54) is 16.7 Å². The van der Waals surface area contributed by atoms with Gasteiger partial charge in [-0.15, -0.1) is 0 Å². The Morgan fingerprint density at radius 3 is 2.62 bits per heavy atom. The first-order valence-corrected chi connectivity index (χ1v) is 8.51. The van der Waals surface area contributed by atoms with Crippen molar-refractivity contribution >= 4 is 27.5 Å². The van der Waals surface area contributed by atoms with E-state index in [1.54, 1.807) is 0 Å². The molecule has 0 aliphatic carbocycles. The predicted molar refractivity (Wildman–Crippen MR) is 95.1 cm³/mol. The van der Waals surface area contributed by atoms with E-state index in [9.17, 15) is 0 Å². The van der Waals surface area contributed by atoms with Crippen molar-refractivity contribution in [2.24, 2.45) is 0 Å². The lowest BCUT2D eigenvalue weighted by Gasteiger charge is -2.20. The lowest BCUT2D eigenvalue weighted by Crippen LogP contribution is -2.24. The fourth-order valence-corrected chi connectivity index (χ4v) is 3.22. The highest BCUT2D eigenvalue weighted by molar-refractivity contribution is 9.10. The summed E-state index contributed by atoms with van der Waals surface area (Å²) in [5.74, 6) is 0. The van der Waals surface area contributed by atoms with Crippen molar-refractivity contribution in [1.82, 2.24) is 5.32 Å². The number of hydrogen-bond donors (Lipinski definition) is 1. The summed E-state index contributed by atoms with van der Waals surface area (Å²) >= 11 is 9.87. The van der Waals surface area contributed by atoms with Crippen LogP contribution in [-0.4, -0.2) is 6.54 Å². The maximum Gasteiger partial charge on any atom is 0.0411 e. The topological polar surface area (TPSA) is 12.0 Å². The third-order valence-electron chi connectivity index (χ3n) is 3.49. The van der Waals surface area contributed by atoms with Crippen LogP contribution >= 0.6 is 27.5 Å². The Hall–Kier alpha value is -0.830. The molecule has 0 radical (unpaired) electrons. The number of hydrogen-bond acceptors (Lipinski definition) is 1. The molecule has 0 saturated carbocycles. The average molecular weight is 367 g/mol. The molecule has 0 saturated heterocycles. The fraction of sp³-hybridized carbons (Fsp3) is 0.333. The van der Waals surface area contributed by atoms with Crippen molar-refractivity contribution in [3.05, 3.63) is 68.7 Å². The smallest absolute Gasteiger partial charge is 0.0411 e. The summed E-state index contributed by atoms with van der Waals surface area (Å²) in [6.45, 7) is 5.27. The van der Waals surface area contributed by atoms with Gasteiger partial charge in [-0.3, -0.25) is 0 Å². The minimum Gasteiger partial charge on any atom is -0.310 e. The molecule has 2 aromatic carbocycles. The highest BCUT2D eigenvalue weighted by Gasteiger charge is 2.14. The molecule has 21 heavy (non-hydrogen) atoms. The second kappa shape index (κ2) is 7.98. The number of halogens is 2. The van der Waals surface area contributed by atoms with Gasteiger partial charge in [0.05, 0.1) is 0 Å². The maximum absolute atomic E-state index is 6.23. The number of benzene rings is 2. The molecule has 0 aliphatic heterocycles. The second-order valence-electron chi connectivity index (χ2n) is 5.36. The Labute approximate surface area is 140 Å². The van der Waals surface area contributed by atoms with Gasteiger partial charge in [0.15, 0.2) is 0 Å². The molecular formula is C18H21BrClN. The molecule has 1 unspecified atom stereocenters. The average Bonchev–Trinajstić information content (AvgIpc) is 2.44. The Kier molecular flexibility index (Phi) is 6.28. The lowest BCUT2D eigenvalue weighted by molar-refractivity contribution is 0.528. The van der Waals surface area contributed by atoms with Crippen LogP contribution in [0.5, 0.6) is 0 Å². The Morgan fingerprint density at radius 2 is 1.95 bits per heavy atom. The molecule has 1 nitrogen and oxygen atoms in total. The zero-order valence-electron chi connectivity index (χ0n) is 12.5. The number of rotatable bonds is 6. The molecule has 0 amide bonds. The molecule has 2 rings (SSSR count).